The van der Waals surface area contributed by atoms with Gasteiger partial charge in [-0.1, -0.05) is 15.9 Å². The lowest BCUT2D eigenvalue weighted by atomic mass is 10.0. The fourth-order valence-corrected chi connectivity index (χ4v) is 1.47. The Kier molecular flexibility index (Phi) is 3.30. The van der Waals surface area contributed by atoms with E-state index in [1.54, 1.807) is 6.07 Å². The van der Waals surface area contributed by atoms with Gasteiger partial charge in [-0.2, -0.15) is 0 Å². The largest absolute Gasteiger partial charge is 0.508 e. The lowest BCUT2D eigenvalue weighted by Crippen LogP contribution is -2.20. The number of halogens is 1. The van der Waals surface area contributed by atoms with Crippen LogP contribution in [0.4, 0.5) is 0 Å². The Hall–Kier alpha value is -0.580. The molecule has 0 amide bonds. The second kappa shape index (κ2) is 4.09. The molecule has 13 heavy (non-hydrogen) atoms. The van der Waals surface area contributed by atoms with Gasteiger partial charge in [-0.25, -0.2) is 0 Å². The minimum Gasteiger partial charge on any atom is -0.508 e. The van der Waals surface area contributed by atoms with E-state index in [4.69, 9.17) is 11.5 Å². The molecule has 0 unspecified atom stereocenters. The van der Waals surface area contributed by atoms with Crippen LogP contribution in [0.15, 0.2) is 16.6 Å². The molecule has 1 aromatic rings. The van der Waals surface area contributed by atoms with Gasteiger partial charge in [-0.05, 0) is 24.6 Å². The summed E-state index contributed by atoms with van der Waals surface area (Å²) in [6.07, 6.45) is 0. The highest BCUT2D eigenvalue weighted by atomic mass is 79.9. The first-order valence-corrected chi connectivity index (χ1v) is 4.80. The lowest BCUT2D eigenvalue weighted by molar-refractivity contribution is 0.461. The predicted molar refractivity (Wildman–Crippen MR) is 56.5 cm³/mol. The zero-order valence-electron chi connectivity index (χ0n) is 7.42. The zero-order valence-corrected chi connectivity index (χ0v) is 9.01. The van der Waals surface area contributed by atoms with Crippen LogP contribution in [0.1, 0.15) is 17.2 Å². The number of phenols is 1. The first kappa shape index (κ1) is 10.5. The fourth-order valence-electron chi connectivity index (χ4n) is 1.11. The van der Waals surface area contributed by atoms with E-state index in [9.17, 15) is 5.11 Å². The standard InChI is InChI=1S/C9H13BrN2O/c1-5-2-9(13)6(3-7(5)10)8(12)4-11/h2-3,8,13H,4,11-12H2,1H3/t8-/m0/s1. The van der Waals surface area contributed by atoms with Gasteiger partial charge >= 0.3 is 0 Å². The van der Waals surface area contributed by atoms with Crippen molar-refractivity contribution >= 4 is 15.9 Å². The van der Waals surface area contributed by atoms with Crippen LogP contribution in [-0.2, 0) is 0 Å². The highest BCUT2D eigenvalue weighted by Crippen LogP contribution is 2.28. The van der Waals surface area contributed by atoms with Crippen molar-refractivity contribution in [3.8, 4) is 5.75 Å². The Morgan fingerprint density at radius 3 is 2.69 bits per heavy atom. The molecule has 0 saturated heterocycles. The maximum Gasteiger partial charge on any atom is 0.120 e. The van der Waals surface area contributed by atoms with Crippen molar-refractivity contribution in [2.75, 3.05) is 6.54 Å². The molecule has 0 radical (unpaired) electrons. The summed E-state index contributed by atoms with van der Waals surface area (Å²) in [6, 6.07) is 3.17. The van der Waals surface area contributed by atoms with Gasteiger partial charge in [0.2, 0.25) is 0 Å². The highest BCUT2D eigenvalue weighted by Gasteiger charge is 2.10. The van der Waals surface area contributed by atoms with E-state index in [0.717, 1.165) is 10.0 Å². The molecule has 0 bridgehead atoms. The molecule has 0 aromatic heterocycles. The Bertz CT molecular complexity index is 315. The normalized spacial score (nSPS) is 12.9. The highest BCUT2D eigenvalue weighted by molar-refractivity contribution is 9.10. The predicted octanol–water partition coefficient (Wildman–Crippen LogP) is 1.42. The van der Waals surface area contributed by atoms with E-state index >= 15 is 0 Å². The van der Waals surface area contributed by atoms with Crippen LogP contribution < -0.4 is 11.5 Å². The third-order valence-corrected chi connectivity index (χ3v) is 2.82. The Labute approximate surface area is 85.9 Å². The number of rotatable bonds is 2. The van der Waals surface area contributed by atoms with Gasteiger partial charge < -0.3 is 16.6 Å². The van der Waals surface area contributed by atoms with Gasteiger partial charge in [-0.15, -0.1) is 0 Å². The molecule has 72 valence electrons. The minimum atomic E-state index is -0.308. The number of benzene rings is 1. The second-order valence-corrected chi connectivity index (χ2v) is 3.86. The Morgan fingerprint density at radius 1 is 1.54 bits per heavy atom. The molecule has 5 N–H and O–H groups in total. The van der Waals surface area contributed by atoms with Crippen LogP contribution in [-0.4, -0.2) is 11.7 Å². The van der Waals surface area contributed by atoms with Crippen LogP contribution in [0.3, 0.4) is 0 Å². The van der Waals surface area contributed by atoms with Crippen LogP contribution in [0.5, 0.6) is 5.75 Å². The van der Waals surface area contributed by atoms with Gasteiger partial charge in [-0.3, -0.25) is 0 Å². The number of aromatic hydroxyl groups is 1. The molecular weight excluding hydrogens is 232 g/mol. The van der Waals surface area contributed by atoms with E-state index in [1.807, 2.05) is 13.0 Å². The summed E-state index contributed by atoms with van der Waals surface area (Å²) in [7, 11) is 0. The van der Waals surface area contributed by atoms with Gasteiger partial charge in [0.15, 0.2) is 0 Å². The van der Waals surface area contributed by atoms with Crippen molar-refractivity contribution in [1.82, 2.24) is 0 Å². The molecule has 0 fully saturated rings. The second-order valence-electron chi connectivity index (χ2n) is 3.00. The van der Waals surface area contributed by atoms with Gasteiger partial charge in [0.05, 0.1) is 0 Å². The van der Waals surface area contributed by atoms with E-state index in [0.29, 0.717) is 12.1 Å². The summed E-state index contributed by atoms with van der Waals surface area (Å²) < 4.78 is 0.934. The van der Waals surface area contributed by atoms with Crippen LogP contribution >= 0.6 is 15.9 Å². The summed E-state index contributed by atoms with van der Waals surface area (Å²) >= 11 is 3.37. The average molecular weight is 245 g/mol. The molecule has 1 atom stereocenters. The van der Waals surface area contributed by atoms with Crippen LogP contribution in [0.2, 0.25) is 0 Å². The van der Waals surface area contributed by atoms with Crippen molar-refractivity contribution in [3.63, 3.8) is 0 Å². The number of hydrogen-bond donors (Lipinski definition) is 3. The summed E-state index contributed by atoms with van der Waals surface area (Å²) in [5, 5.41) is 9.56. The van der Waals surface area contributed by atoms with Crippen molar-refractivity contribution < 1.29 is 5.11 Å². The lowest BCUT2D eigenvalue weighted by Gasteiger charge is -2.12. The Balaban J connectivity index is 3.15. The summed E-state index contributed by atoms with van der Waals surface area (Å²) in [5.74, 6) is 0.207. The van der Waals surface area contributed by atoms with E-state index in [2.05, 4.69) is 15.9 Å². The van der Waals surface area contributed by atoms with Crippen LogP contribution in [0, 0.1) is 6.92 Å². The van der Waals surface area contributed by atoms with Gasteiger partial charge in [0.25, 0.3) is 0 Å². The molecule has 0 aliphatic heterocycles. The van der Waals surface area contributed by atoms with Gasteiger partial charge in [0.1, 0.15) is 5.75 Å². The topological polar surface area (TPSA) is 72.3 Å². The van der Waals surface area contributed by atoms with E-state index < -0.39 is 0 Å². The molecule has 3 nitrogen and oxygen atoms in total. The maximum atomic E-state index is 9.56. The van der Waals surface area contributed by atoms with Crippen LogP contribution in [0.25, 0.3) is 0 Å². The molecular formula is C9H13BrN2O. The third-order valence-electron chi connectivity index (χ3n) is 1.96. The van der Waals surface area contributed by atoms with E-state index in [-0.39, 0.29) is 11.8 Å². The molecule has 1 aromatic carbocycles. The molecule has 0 saturated carbocycles. The average Bonchev–Trinajstić information content (AvgIpc) is 2.10. The molecule has 0 aliphatic carbocycles. The van der Waals surface area contributed by atoms with Crippen molar-refractivity contribution in [2.45, 2.75) is 13.0 Å². The SMILES string of the molecule is Cc1cc(O)c([C@@H](N)CN)cc1Br. The number of aryl methyl sites for hydroxylation is 1. The summed E-state index contributed by atoms with van der Waals surface area (Å²) in [4.78, 5) is 0. The fraction of sp³-hybridized carbons (Fsp3) is 0.333. The van der Waals surface area contributed by atoms with Crippen molar-refractivity contribution in [2.24, 2.45) is 11.5 Å². The summed E-state index contributed by atoms with van der Waals surface area (Å²) in [6.45, 7) is 2.23. The number of nitrogens with two attached hydrogens (primary N) is 2. The molecule has 1 rings (SSSR count). The molecule has 0 spiro atoms. The van der Waals surface area contributed by atoms with E-state index in [1.165, 1.54) is 0 Å². The first-order chi connectivity index (χ1) is 6.06. The first-order valence-electron chi connectivity index (χ1n) is 4.01. The maximum absolute atomic E-state index is 9.56. The number of hydrogen-bond acceptors (Lipinski definition) is 3. The quantitative estimate of drug-likeness (QED) is 0.737. The minimum absolute atomic E-state index is 0.207. The number of phenolic OH excluding ortho intramolecular Hbond substituents is 1. The molecule has 0 heterocycles. The zero-order chi connectivity index (χ0) is 10.0. The monoisotopic (exact) mass is 244 g/mol. The van der Waals surface area contributed by atoms with Crippen molar-refractivity contribution in [3.05, 3.63) is 27.7 Å². The Morgan fingerprint density at radius 2 is 2.15 bits per heavy atom. The van der Waals surface area contributed by atoms with Crippen molar-refractivity contribution in [1.29, 1.82) is 0 Å². The smallest absolute Gasteiger partial charge is 0.120 e. The molecule has 0 aliphatic rings. The molecule has 4 heteroatoms. The summed E-state index contributed by atoms with van der Waals surface area (Å²) in [5.41, 5.74) is 12.8. The van der Waals surface area contributed by atoms with Gasteiger partial charge in [0, 0.05) is 22.6 Å². The third kappa shape index (κ3) is 2.21.